The lowest BCUT2D eigenvalue weighted by molar-refractivity contribution is -0.126. The van der Waals surface area contributed by atoms with Crippen LogP contribution in [0.25, 0.3) is 6.08 Å². The molecule has 0 saturated heterocycles. The molecule has 0 aliphatic carbocycles. The molecule has 1 unspecified atom stereocenters. The third-order valence-corrected chi connectivity index (χ3v) is 2.53. The van der Waals surface area contributed by atoms with Gasteiger partial charge in [-0.2, -0.15) is 0 Å². The minimum atomic E-state index is 0.000694. The maximum absolute atomic E-state index is 11.6. The SMILES string of the molecule is CCC(C)N(C)C(=O)/C=C/c1ccco1. The third-order valence-electron chi connectivity index (χ3n) is 2.53. The number of amides is 1. The Balaban J connectivity index is 2.55. The summed E-state index contributed by atoms with van der Waals surface area (Å²) in [5.41, 5.74) is 0. The highest BCUT2D eigenvalue weighted by Gasteiger charge is 2.10. The molecular weight excluding hydrogens is 190 g/mol. The van der Waals surface area contributed by atoms with Crippen LogP contribution >= 0.6 is 0 Å². The van der Waals surface area contributed by atoms with Crippen molar-refractivity contribution >= 4 is 12.0 Å². The van der Waals surface area contributed by atoms with Gasteiger partial charge in [-0.3, -0.25) is 4.79 Å². The van der Waals surface area contributed by atoms with Gasteiger partial charge in [-0.1, -0.05) is 6.92 Å². The number of carbonyl (C=O) groups is 1. The standard InChI is InChI=1S/C12H17NO2/c1-4-10(2)13(3)12(14)8-7-11-6-5-9-15-11/h5-10H,4H2,1-3H3/b8-7+. The number of likely N-dealkylation sites (N-methyl/N-ethyl adjacent to an activating group) is 1. The van der Waals surface area contributed by atoms with Gasteiger partial charge in [0.05, 0.1) is 6.26 Å². The number of rotatable bonds is 4. The largest absolute Gasteiger partial charge is 0.465 e. The average Bonchev–Trinajstić information content (AvgIpc) is 2.76. The van der Waals surface area contributed by atoms with Crippen LogP contribution in [0.3, 0.4) is 0 Å². The Morgan fingerprint density at radius 3 is 2.93 bits per heavy atom. The summed E-state index contributed by atoms with van der Waals surface area (Å²) in [6.07, 6.45) is 5.76. The van der Waals surface area contributed by atoms with Crippen LogP contribution in [0.15, 0.2) is 28.9 Å². The summed E-state index contributed by atoms with van der Waals surface area (Å²) in [7, 11) is 1.81. The molecule has 0 saturated carbocycles. The van der Waals surface area contributed by atoms with Gasteiger partial charge in [0.2, 0.25) is 5.91 Å². The summed E-state index contributed by atoms with van der Waals surface area (Å²) >= 11 is 0. The summed E-state index contributed by atoms with van der Waals surface area (Å²) in [5.74, 6) is 0.696. The molecule has 1 atom stereocenters. The first-order valence-corrected chi connectivity index (χ1v) is 5.13. The number of carbonyl (C=O) groups excluding carboxylic acids is 1. The van der Waals surface area contributed by atoms with Crippen molar-refractivity contribution in [2.45, 2.75) is 26.3 Å². The molecule has 1 aromatic rings. The zero-order chi connectivity index (χ0) is 11.3. The minimum absolute atomic E-state index is 0.000694. The van der Waals surface area contributed by atoms with E-state index in [4.69, 9.17) is 4.42 Å². The first-order chi connectivity index (χ1) is 7.15. The van der Waals surface area contributed by atoms with E-state index in [2.05, 4.69) is 6.92 Å². The van der Waals surface area contributed by atoms with Crippen molar-refractivity contribution in [2.75, 3.05) is 7.05 Å². The molecule has 1 rings (SSSR count). The predicted molar refractivity (Wildman–Crippen MR) is 60.3 cm³/mol. The van der Waals surface area contributed by atoms with Crippen LogP contribution in [-0.4, -0.2) is 23.9 Å². The highest BCUT2D eigenvalue weighted by molar-refractivity contribution is 5.91. The van der Waals surface area contributed by atoms with E-state index in [1.54, 1.807) is 23.3 Å². The van der Waals surface area contributed by atoms with Crippen LogP contribution in [0.4, 0.5) is 0 Å². The van der Waals surface area contributed by atoms with Gasteiger partial charge < -0.3 is 9.32 Å². The van der Waals surface area contributed by atoms with Gasteiger partial charge in [-0.25, -0.2) is 0 Å². The molecule has 0 N–H and O–H groups in total. The van der Waals surface area contributed by atoms with E-state index in [0.29, 0.717) is 5.76 Å². The Morgan fingerprint density at radius 2 is 2.40 bits per heavy atom. The lowest BCUT2D eigenvalue weighted by Gasteiger charge is -2.22. The van der Waals surface area contributed by atoms with Gasteiger partial charge in [0, 0.05) is 19.2 Å². The van der Waals surface area contributed by atoms with Crippen molar-refractivity contribution in [3.63, 3.8) is 0 Å². The third kappa shape index (κ3) is 3.27. The zero-order valence-electron chi connectivity index (χ0n) is 9.43. The van der Waals surface area contributed by atoms with Crippen LogP contribution in [0.2, 0.25) is 0 Å². The molecular formula is C12H17NO2. The lowest BCUT2D eigenvalue weighted by Crippen LogP contribution is -2.33. The van der Waals surface area contributed by atoms with Gasteiger partial charge in [-0.15, -0.1) is 0 Å². The van der Waals surface area contributed by atoms with E-state index in [0.717, 1.165) is 6.42 Å². The Labute approximate surface area is 90.4 Å². The predicted octanol–water partition coefficient (Wildman–Crippen LogP) is 2.55. The van der Waals surface area contributed by atoms with Gasteiger partial charge in [0.15, 0.2) is 0 Å². The molecule has 1 aromatic heterocycles. The normalized spacial score (nSPS) is 13.0. The molecule has 1 amide bonds. The molecule has 1 heterocycles. The van der Waals surface area contributed by atoms with Gasteiger partial charge in [-0.05, 0) is 31.6 Å². The van der Waals surface area contributed by atoms with Gasteiger partial charge >= 0.3 is 0 Å². The van der Waals surface area contributed by atoms with Crippen molar-refractivity contribution in [3.8, 4) is 0 Å². The number of hydrogen-bond donors (Lipinski definition) is 0. The number of furan rings is 1. The lowest BCUT2D eigenvalue weighted by atomic mass is 10.2. The molecule has 0 bridgehead atoms. The van der Waals surface area contributed by atoms with Crippen molar-refractivity contribution < 1.29 is 9.21 Å². The molecule has 82 valence electrons. The Morgan fingerprint density at radius 1 is 1.67 bits per heavy atom. The molecule has 0 aliphatic heterocycles. The zero-order valence-corrected chi connectivity index (χ0v) is 9.43. The molecule has 0 aromatic carbocycles. The Bertz CT molecular complexity index is 327. The quantitative estimate of drug-likeness (QED) is 0.711. The smallest absolute Gasteiger partial charge is 0.246 e. The maximum atomic E-state index is 11.6. The highest BCUT2D eigenvalue weighted by Crippen LogP contribution is 2.05. The van der Waals surface area contributed by atoms with E-state index in [9.17, 15) is 4.79 Å². The van der Waals surface area contributed by atoms with Crippen LogP contribution in [-0.2, 0) is 4.79 Å². The number of hydrogen-bond acceptors (Lipinski definition) is 2. The van der Waals surface area contributed by atoms with Crippen molar-refractivity contribution in [1.82, 2.24) is 4.90 Å². The molecule has 15 heavy (non-hydrogen) atoms. The molecule has 0 aliphatic rings. The fourth-order valence-corrected chi connectivity index (χ4v) is 1.15. The second-order valence-electron chi connectivity index (χ2n) is 3.56. The van der Waals surface area contributed by atoms with E-state index < -0.39 is 0 Å². The van der Waals surface area contributed by atoms with Crippen molar-refractivity contribution in [3.05, 3.63) is 30.2 Å². The molecule has 0 radical (unpaired) electrons. The fraction of sp³-hybridized carbons (Fsp3) is 0.417. The second kappa shape index (κ2) is 5.39. The van der Waals surface area contributed by atoms with Crippen LogP contribution in [0.5, 0.6) is 0 Å². The first-order valence-electron chi connectivity index (χ1n) is 5.13. The fourth-order valence-electron chi connectivity index (χ4n) is 1.15. The number of nitrogens with zero attached hydrogens (tertiary/aromatic N) is 1. The Kier molecular flexibility index (Phi) is 4.16. The van der Waals surface area contributed by atoms with Gasteiger partial charge in [0.1, 0.15) is 5.76 Å². The topological polar surface area (TPSA) is 33.5 Å². The van der Waals surface area contributed by atoms with Crippen LogP contribution < -0.4 is 0 Å². The van der Waals surface area contributed by atoms with Crippen LogP contribution in [0, 0.1) is 0 Å². The molecule has 3 heteroatoms. The minimum Gasteiger partial charge on any atom is -0.465 e. The van der Waals surface area contributed by atoms with E-state index in [-0.39, 0.29) is 11.9 Å². The molecule has 3 nitrogen and oxygen atoms in total. The molecule has 0 fully saturated rings. The maximum Gasteiger partial charge on any atom is 0.246 e. The summed E-state index contributed by atoms with van der Waals surface area (Å²) in [4.78, 5) is 13.4. The van der Waals surface area contributed by atoms with Gasteiger partial charge in [0.25, 0.3) is 0 Å². The second-order valence-corrected chi connectivity index (χ2v) is 3.56. The Hall–Kier alpha value is -1.51. The summed E-state index contributed by atoms with van der Waals surface area (Å²) in [5, 5.41) is 0. The summed E-state index contributed by atoms with van der Waals surface area (Å²) in [6.45, 7) is 4.09. The molecule has 0 spiro atoms. The van der Waals surface area contributed by atoms with E-state index in [1.807, 2.05) is 20.0 Å². The van der Waals surface area contributed by atoms with Crippen LogP contribution in [0.1, 0.15) is 26.0 Å². The van der Waals surface area contributed by atoms with E-state index >= 15 is 0 Å². The monoisotopic (exact) mass is 207 g/mol. The average molecular weight is 207 g/mol. The first kappa shape index (κ1) is 11.6. The summed E-state index contributed by atoms with van der Waals surface area (Å²) in [6, 6.07) is 3.87. The van der Waals surface area contributed by atoms with Crippen molar-refractivity contribution in [2.24, 2.45) is 0 Å². The highest BCUT2D eigenvalue weighted by atomic mass is 16.3. The summed E-state index contributed by atoms with van der Waals surface area (Å²) < 4.78 is 5.09. The van der Waals surface area contributed by atoms with E-state index in [1.165, 1.54) is 6.08 Å². The van der Waals surface area contributed by atoms with Crippen molar-refractivity contribution in [1.29, 1.82) is 0 Å².